The number of sulfonamides is 1. The van der Waals surface area contributed by atoms with Crippen LogP contribution in [0.3, 0.4) is 0 Å². The molecular formula is C24H26N2O3S2. The Balaban J connectivity index is 1.50. The fourth-order valence-corrected chi connectivity index (χ4v) is 4.70. The maximum absolute atomic E-state index is 12.5. The first kappa shape index (κ1) is 23.1. The number of rotatable bonds is 10. The van der Waals surface area contributed by atoms with Crippen molar-refractivity contribution in [3.63, 3.8) is 0 Å². The monoisotopic (exact) mass is 454 g/mol. The van der Waals surface area contributed by atoms with Gasteiger partial charge in [0.1, 0.15) is 0 Å². The van der Waals surface area contributed by atoms with Gasteiger partial charge >= 0.3 is 0 Å². The van der Waals surface area contributed by atoms with Crippen LogP contribution in [-0.4, -0.2) is 27.1 Å². The summed E-state index contributed by atoms with van der Waals surface area (Å²) in [7, 11) is -3.56. The molecule has 0 radical (unpaired) electrons. The van der Waals surface area contributed by atoms with Crippen LogP contribution in [0.5, 0.6) is 0 Å². The van der Waals surface area contributed by atoms with Gasteiger partial charge in [-0.2, -0.15) is 0 Å². The number of carbonyl (C=O) groups is 1. The van der Waals surface area contributed by atoms with E-state index in [4.69, 9.17) is 0 Å². The van der Waals surface area contributed by atoms with E-state index in [1.165, 1.54) is 0 Å². The molecule has 0 aliphatic heterocycles. The van der Waals surface area contributed by atoms with E-state index in [1.807, 2.05) is 60.9 Å². The number of anilines is 1. The smallest absolute Gasteiger partial charge is 0.240 e. The maximum Gasteiger partial charge on any atom is 0.240 e. The average molecular weight is 455 g/mol. The number of amides is 1. The van der Waals surface area contributed by atoms with E-state index in [-0.39, 0.29) is 10.8 Å². The molecule has 3 aromatic carbocycles. The van der Waals surface area contributed by atoms with Gasteiger partial charge < -0.3 is 5.32 Å². The number of para-hydroxylation sites is 1. The standard InChI is InChI=1S/C24H26N2O3S2/c1-30-23-10-6-5-9-22(23)26-24(27)16-13-20-11-14-21(15-12-20)31(28,29)25-18-17-19-7-3-2-4-8-19/h2-12,14-15,25H,13,16-18H2,1H3,(H,26,27). The van der Waals surface area contributed by atoms with Crippen LogP contribution in [0, 0.1) is 0 Å². The third kappa shape index (κ3) is 6.95. The minimum Gasteiger partial charge on any atom is -0.325 e. The van der Waals surface area contributed by atoms with Crippen molar-refractivity contribution in [2.45, 2.75) is 29.1 Å². The van der Waals surface area contributed by atoms with Gasteiger partial charge in [-0.1, -0.05) is 54.6 Å². The summed E-state index contributed by atoms with van der Waals surface area (Å²) in [5.41, 5.74) is 2.80. The molecule has 162 valence electrons. The van der Waals surface area contributed by atoms with Crippen LogP contribution in [0.1, 0.15) is 17.5 Å². The predicted octanol–water partition coefficient (Wildman–Crippen LogP) is 4.50. The Hall–Kier alpha value is -2.61. The van der Waals surface area contributed by atoms with Crippen LogP contribution in [0.25, 0.3) is 0 Å². The molecule has 7 heteroatoms. The molecule has 0 bridgehead atoms. The third-order valence-corrected chi connectivity index (χ3v) is 7.08. The molecule has 0 fully saturated rings. The lowest BCUT2D eigenvalue weighted by molar-refractivity contribution is -0.116. The van der Waals surface area contributed by atoms with Crippen molar-refractivity contribution in [2.75, 3.05) is 18.1 Å². The average Bonchev–Trinajstić information content (AvgIpc) is 2.79. The van der Waals surface area contributed by atoms with E-state index in [0.29, 0.717) is 25.8 Å². The summed E-state index contributed by atoms with van der Waals surface area (Å²) in [6.45, 7) is 0.339. The molecule has 0 aromatic heterocycles. The summed E-state index contributed by atoms with van der Waals surface area (Å²) in [5.74, 6) is -0.0687. The van der Waals surface area contributed by atoms with Gasteiger partial charge in [0.05, 0.1) is 10.6 Å². The third-order valence-electron chi connectivity index (χ3n) is 4.80. The molecule has 3 aromatic rings. The molecule has 0 aliphatic carbocycles. The van der Waals surface area contributed by atoms with Gasteiger partial charge in [0.15, 0.2) is 0 Å². The normalized spacial score (nSPS) is 11.3. The fraction of sp³-hybridized carbons (Fsp3) is 0.208. The van der Waals surface area contributed by atoms with E-state index in [2.05, 4.69) is 10.0 Å². The van der Waals surface area contributed by atoms with Crippen LogP contribution in [0.15, 0.2) is 88.7 Å². The zero-order chi connectivity index (χ0) is 22.1. The Labute approximate surface area is 188 Å². The topological polar surface area (TPSA) is 75.3 Å². The van der Waals surface area contributed by atoms with Gasteiger partial charge in [0.2, 0.25) is 15.9 Å². The molecule has 0 heterocycles. The minimum atomic E-state index is -3.56. The van der Waals surface area contributed by atoms with Gasteiger partial charge in [-0.3, -0.25) is 4.79 Å². The maximum atomic E-state index is 12.5. The Morgan fingerprint density at radius 3 is 2.19 bits per heavy atom. The highest BCUT2D eigenvalue weighted by atomic mass is 32.2. The number of hydrogen-bond donors (Lipinski definition) is 2. The molecule has 0 aliphatic rings. The lowest BCUT2D eigenvalue weighted by Crippen LogP contribution is -2.26. The number of thioether (sulfide) groups is 1. The van der Waals surface area contributed by atoms with Gasteiger partial charge in [-0.15, -0.1) is 11.8 Å². The minimum absolute atomic E-state index is 0.0687. The molecule has 0 saturated carbocycles. The van der Waals surface area contributed by atoms with Crippen LogP contribution in [0.4, 0.5) is 5.69 Å². The molecule has 2 N–H and O–H groups in total. The van der Waals surface area contributed by atoms with Crippen LogP contribution < -0.4 is 10.0 Å². The zero-order valence-electron chi connectivity index (χ0n) is 17.4. The van der Waals surface area contributed by atoms with Crippen molar-refractivity contribution in [1.29, 1.82) is 0 Å². The van der Waals surface area contributed by atoms with Crippen molar-refractivity contribution >= 4 is 33.4 Å². The highest BCUT2D eigenvalue weighted by Gasteiger charge is 2.13. The largest absolute Gasteiger partial charge is 0.325 e. The van der Waals surface area contributed by atoms with E-state index in [9.17, 15) is 13.2 Å². The van der Waals surface area contributed by atoms with Crippen LogP contribution >= 0.6 is 11.8 Å². The molecule has 0 saturated heterocycles. The summed E-state index contributed by atoms with van der Waals surface area (Å²) in [6.07, 6.45) is 3.46. The number of hydrogen-bond acceptors (Lipinski definition) is 4. The lowest BCUT2D eigenvalue weighted by Gasteiger charge is -2.10. The molecule has 0 atom stereocenters. The quantitative estimate of drug-likeness (QED) is 0.442. The summed E-state index contributed by atoms with van der Waals surface area (Å²) in [4.78, 5) is 13.5. The lowest BCUT2D eigenvalue weighted by atomic mass is 10.1. The summed E-state index contributed by atoms with van der Waals surface area (Å²) in [6, 6.07) is 24.1. The van der Waals surface area contributed by atoms with Crippen molar-refractivity contribution in [3.05, 3.63) is 90.0 Å². The van der Waals surface area contributed by atoms with Crippen molar-refractivity contribution < 1.29 is 13.2 Å². The Kier molecular flexibility index (Phi) is 8.28. The highest BCUT2D eigenvalue weighted by molar-refractivity contribution is 7.98. The predicted molar refractivity (Wildman–Crippen MR) is 127 cm³/mol. The van der Waals surface area contributed by atoms with Gasteiger partial charge in [-0.25, -0.2) is 13.1 Å². The van der Waals surface area contributed by atoms with Gasteiger partial charge in [-0.05, 0) is 54.5 Å². The van der Waals surface area contributed by atoms with Crippen LogP contribution in [-0.2, 0) is 27.7 Å². The second-order valence-corrected chi connectivity index (χ2v) is 9.64. The second-order valence-electron chi connectivity index (χ2n) is 7.03. The Bertz CT molecular complexity index is 1100. The fourth-order valence-electron chi connectivity index (χ4n) is 3.11. The summed E-state index contributed by atoms with van der Waals surface area (Å²) >= 11 is 1.58. The molecule has 1 amide bonds. The number of nitrogens with one attached hydrogen (secondary N) is 2. The molecule has 0 spiro atoms. The van der Waals surface area contributed by atoms with Gasteiger partial charge in [0, 0.05) is 17.9 Å². The Morgan fingerprint density at radius 2 is 1.48 bits per heavy atom. The second kappa shape index (κ2) is 11.1. The summed E-state index contributed by atoms with van der Waals surface area (Å²) in [5, 5.41) is 2.94. The first-order chi connectivity index (χ1) is 15.0. The first-order valence-corrected chi connectivity index (χ1v) is 12.7. The molecule has 5 nitrogen and oxygen atoms in total. The van der Waals surface area contributed by atoms with Gasteiger partial charge in [0.25, 0.3) is 0 Å². The van der Waals surface area contributed by atoms with E-state index < -0.39 is 10.0 Å². The highest BCUT2D eigenvalue weighted by Crippen LogP contribution is 2.24. The number of aryl methyl sites for hydroxylation is 1. The molecule has 3 rings (SSSR count). The van der Waals surface area contributed by atoms with Crippen molar-refractivity contribution in [2.24, 2.45) is 0 Å². The molecular weight excluding hydrogens is 428 g/mol. The molecule has 31 heavy (non-hydrogen) atoms. The van der Waals surface area contributed by atoms with E-state index >= 15 is 0 Å². The zero-order valence-corrected chi connectivity index (χ0v) is 19.0. The SMILES string of the molecule is CSc1ccccc1NC(=O)CCc1ccc(S(=O)(=O)NCCc2ccccc2)cc1. The van der Waals surface area contributed by atoms with Crippen LogP contribution in [0.2, 0.25) is 0 Å². The summed E-state index contributed by atoms with van der Waals surface area (Å²) < 4.78 is 27.6. The Morgan fingerprint density at radius 1 is 0.839 bits per heavy atom. The number of carbonyl (C=O) groups excluding carboxylic acids is 1. The van der Waals surface area contributed by atoms with Crippen molar-refractivity contribution in [1.82, 2.24) is 4.72 Å². The van der Waals surface area contributed by atoms with E-state index in [0.717, 1.165) is 21.7 Å². The van der Waals surface area contributed by atoms with E-state index in [1.54, 1.807) is 36.0 Å². The van der Waals surface area contributed by atoms with Crippen molar-refractivity contribution in [3.8, 4) is 0 Å². The number of benzene rings is 3. The molecule has 0 unspecified atom stereocenters. The first-order valence-electron chi connectivity index (χ1n) is 10.0.